The predicted octanol–water partition coefficient (Wildman–Crippen LogP) is 13.9. The largest absolute Gasteiger partial charge is 0.478 e. The first-order valence-corrected chi connectivity index (χ1v) is 23.8. The quantitative estimate of drug-likeness (QED) is 0.109. The number of carboxylic acids is 1. The number of carbonyl (C=O) groups is 4. The summed E-state index contributed by atoms with van der Waals surface area (Å²) in [7, 11) is 0. The molecular weight excluding hydrogens is 889 g/mol. The molecule has 12 heteroatoms. The Morgan fingerprint density at radius 2 is 0.853 bits per heavy atom. The van der Waals surface area contributed by atoms with E-state index >= 15 is 0 Å². The van der Waals surface area contributed by atoms with Crippen LogP contribution in [0, 0.1) is 0 Å². The van der Waals surface area contributed by atoms with Crippen molar-refractivity contribution in [3.8, 4) is 44.8 Å². The number of rotatable bonds is 11. The Morgan fingerprint density at radius 1 is 0.500 bits per heavy atom. The van der Waals surface area contributed by atoms with Crippen molar-refractivity contribution in [3.63, 3.8) is 0 Å². The van der Waals surface area contributed by atoms with Crippen LogP contribution >= 0.6 is 22.7 Å². The highest BCUT2D eigenvalue weighted by molar-refractivity contribution is 7.14. The first-order chi connectivity index (χ1) is 32.5. The average molecular weight is 941 g/mol. The van der Waals surface area contributed by atoms with E-state index in [0.29, 0.717) is 56.1 Å². The van der Waals surface area contributed by atoms with Crippen LogP contribution in [0.2, 0.25) is 0 Å². The third kappa shape index (κ3) is 11.5. The second-order valence-corrected chi connectivity index (χ2v) is 19.6. The van der Waals surface area contributed by atoms with Gasteiger partial charge in [-0.3, -0.25) is 20.2 Å². The molecule has 0 radical (unpaired) electrons. The Bertz CT molecular complexity index is 3090. The van der Waals surface area contributed by atoms with Crippen LogP contribution in [0.5, 0.6) is 0 Å². The molecule has 0 unspecified atom stereocenters. The standard InChI is InChI=1S/C29H28N2O3S.C27H24N2O3S/c1-5-34-27(33)24-13-9-7-11-22(24)25-18-35-28(30-25)31-26(32)23-12-8-6-10-21(23)19-14-16-20(17-15-19)29(2,3)4;1-27(2,3)18-14-12-17(13-15-18)19-8-4-6-10-21(19)24(30)29-26-28-23(16-33-26)20-9-5-7-11-22(20)25(31)32/h6-18H,5H2,1-4H3,(H,30,31,32);4-16H,1-3H3,(H,31,32)(H,28,29,30). The third-order valence-electron chi connectivity index (χ3n) is 11.0. The Balaban J connectivity index is 0.000000202. The van der Waals surface area contributed by atoms with Gasteiger partial charge in [-0.25, -0.2) is 19.6 Å². The monoisotopic (exact) mass is 940 g/mol. The number of hydrogen-bond donors (Lipinski definition) is 3. The number of hydrogen-bond acceptors (Lipinski definition) is 9. The maximum atomic E-state index is 13.2. The van der Waals surface area contributed by atoms with Crippen LogP contribution in [0.4, 0.5) is 10.3 Å². The Labute approximate surface area is 404 Å². The van der Waals surface area contributed by atoms with Crippen LogP contribution in [0.15, 0.2) is 156 Å². The van der Waals surface area contributed by atoms with Gasteiger partial charge in [0.15, 0.2) is 10.3 Å². The number of thiazole rings is 2. The zero-order valence-corrected chi connectivity index (χ0v) is 40.6. The van der Waals surface area contributed by atoms with Crippen LogP contribution in [-0.2, 0) is 15.6 Å². The van der Waals surface area contributed by atoms with Gasteiger partial charge in [0.1, 0.15) is 0 Å². The molecule has 8 rings (SSSR count). The Kier molecular flexibility index (Phi) is 14.9. The van der Waals surface area contributed by atoms with E-state index in [9.17, 15) is 24.3 Å². The molecule has 0 fully saturated rings. The number of aromatic nitrogens is 2. The minimum Gasteiger partial charge on any atom is -0.478 e. The summed E-state index contributed by atoms with van der Waals surface area (Å²) in [5, 5.41) is 19.7. The molecule has 0 aliphatic carbocycles. The van der Waals surface area contributed by atoms with E-state index in [2.05, 4.69) is 98.5 Å². The lowest BCUT2D eigenvalue weighted by atomic mass is 9.86. The summed E-state index contributed by atoms with van der Waals surface area (Å²) in [4.78, 5) is 59.2. The zero-order chi connectivity index (χ0) is 48.6. The van der Waals surface area contributed by atoms with Crippen LogP contribution < -0.4 is 10.6 Å². The topological polar surface area (TPSA) is 148 Å². The number of amides is 2. The average Bonchev–Trinajstić information content (AvgIpc) is 4.01. The highest BCUT2D eigenvalue weighted by Crippen LogP contribution is 2.33. The molecule has 0 saturated heterocycles. The molecule has 0 bridgehead atoms. The molecule has 344 valence electrons. The maximum absolute atomic E-state index is 13.2. The number of aromatic carboxylic acids is 1. The van der Waals surface area contributed by atoms with Crippen molar-refractivity contribution in [2.45, 2.75) is 59.3 Å². The summed E-state index contributed by atoms with van der Waals surface area (Å²) < 4.78 is 5.17. The number of esters is 1. The van der Waals surface area contributed by atoms with E-state index in [1.807, 2.05) is 72.1 Å². The van der Waals surface area contributed by atoms with E-state index in [0.717, 1.165) is 22.3 Å². The van der Waals surface area contributed by atoms with E-state index in [1.165, 1.54) is 39.9 Å². The molecule has 6 aromatic carbocycles. The van der Waals surface area contributed by atoms with E-state index in [-0.39, 0.29) is 28.2 Å². The summed E-state index contributed by atoms with van der Waals surface area (Å²) >= 11 is 2.57. The van der Waals surface area contributed by atoms with Gasteiger partial charge in [-0.1, -0.05) is 163 Å². The molecule has 8 aromatic rings. The fourth-order valence-corrected chi connectivity index (χ4v) is 8.80. The highest BCUT2D eigenvalue weighted by Gasteiger charge is 2.21. The minimum absolute atomic E-state index is 0.0528. The number of carboxylic acid groups (broad SMARTS) is 1. The number of ether oxygens (including phenoxy) is 1. The normalized spacial score (nSPS) is 11.2. The molecule has 0 aliphatic rings. The number of benzene rings is 6. The van der Waals surface area contributed by atoms with Crippen molar-refractivity contribution in [2.24, 2.45) is 0 Å². The molecule has 68 heavy (non-hydrogen) atoms. The second kappa shape index (κ2) is 21.0. The fourth-order valence-electron chi connectivity index (χ4n) is 7.39. The van der Waals surface area contributed by atoms with Crippen molar-refractivity contribution in [2.75, 3.05) is 17.2 Å². The van der Waals surface area contributed by atoms with Crippen molar-refractivity contribution in [3.05, 3.63) is 190 Å². The molecule has 3 N–H and O–H groups in total. The molecule has 2 amide bonds. The van der Waals surface area contributed by atoms with E-state index in [4.69, 9.17) is 4.74 Å². The summed E-state index contributed by atoms with van der Waals surface area (Å²) in [6.07, 6.45) is 0. The van der Waals surface area contributed by atoms with Crippen molar-refractivity contribution < 1.29 is 29.0 Å². The fraction of sp³-hybridized carbons (Fsp3) is 0.179. The molecule has 2 heterocycles. The van der Waals surface area contributed by atoms with Crippen LogP contribution in [0.1, 0.15) is 101 Å². The molecular formula is C56H52N4O6S2. The smallest absolute Gasteiger partial charge is 0.338 e. The number of nitrogens with one attached hydrogen (secondary N) is 2. The minimum atomic E-state index is -1.02. The Hall–Kier alpha value is -7.54. The van der Waals surface area contributed by atoms with Gasteiger partial charge in [0.2, 0.25) is 0 Å². The van der Waals surface area contributed by atoms with Gasteiger partial charge < -0.3 is 9.84 Å². The highest BCUT2D eigenvalue weighted by atomic mass is 32.1. The van der Waals surface area contributed by atoms with E-state index < -0.39 is 11.9 Å². The van der Waals surface area contributed by atoms with Gasteiger partial charge in [-0.15, -0.1) is 22.7 Å². The summed E-state index contributed by atoms with van der Waals surface area (Å²) in [6.45, 7) is 15.1. The summed E-state index contributed by atoms with van der Waals surface area (Å²) in [6, 6.07) is 45.5. The second-order valence-electron chi connectivity index (χ2n) is 17.8. The molecule has 0 atom stereocenters. The lowest BCUT2D eigenvalue weighted by Gasteiger charge is -2.19. The molecule has 0 spiro atoms. The van der Waals surface area contributed by atoms with Crippen LogP contribution in [0.25, 0.3) is 44.8 Å². The van der Waals surface area contributed by atoms with Gasteiger partial charge in [0, 0.05) is 33.0 Å². The molecule has 0 saturated carbocycles. The lowest BCUT2D eigenvalue weighted by Crippen LogP contribution is -2.13. The SMILES string of the molecule is CC(C)(C)c1ccc(-c2ccccc2C(=O)Nc2nc(-c3ccccc3C(=O)O)cs2)cc1.CCOC(=O)c1ccccc1-c1csc(NC(=O)c2ccccc2-c2ccc(C(C)(C)C)cc2)n1. The maximum Gasteiger partial charge on any atom is 0.338 e. The van der Waals surface area contributed by atoms with Crippen molar-refractivity contribution in [1.29, 1.82) is 0 Å². The predicted molar refractivity (Wildman–Crippen MR) is 275 cm³/mol. The molecule has 10 nitrogen and oxygen atoms in total. The van der Waals surface area contributed by atoms with Crippen LogP contribution in [-0.4, -0.2) is 45.4 Å². The zero-order valence-electron chi connectivity index (χ0n) is 38.9. The molecule has 0 aliphatic heterocycles. The first-order valence-electron chi connectivity index (χ1n) is 22.0. The van der Waals surface area contributed by atoms with Gasteiger partial charge in [-0.05, 0) is 75.4 Å². The van der Waals surface area contributed by atoms with Gasteiger partial charge in [-0.2, -0.15) is 0 Å². The van der Waals surface area contributed by atoms with Gasteiger partial charge in [0.25, 0.3) is 11.8 Å². The van der Waals surface area contributed by atoms with Gasteiger partial charge in [0.05, 0.1) is 29.1 Å². The summed E-state index contributed by atoms with van der Waals surface area (Å²) in [5.74, 6) is -1.92. The number of carbonyl (C=O) groups excluding carboxylic acids is 3. The molecule has 2 aromatic heterocycles. The summed E-state index contributed by atoms with van der Waals surface area (Å²) in [5.41, 5.74) is 10.2. The number of nitrogens with zero attached hydrogens (tertiary/aromatic N) is 2. The first kappa shape index (κ1) is 48.4. The van der Waals surface area contributed by atoms with Crippen LogP contribution in [0.3, 0.4) is 0 Å². The van der Waals surface area contributed by atoms with E-state index in [1.54, 1.807) is 48.7 Å². The van der Waals surface area contributed by atoms with Crippen molar-refractivity contribution in [1.82, 2.24) is 9.97 Å². The van der Waals surface area contributed by atoms with Crippen molar-refractivity contribution >= 4 is 56.7 Å². The lowest BCUT2D eigenvalue weighted by molar-refractivity contribution is 0.0526. The number of anilines is 2. The Morgan fingerprint density at radius 3 is 1.24 bits per heavy atom. The third-order valence-corrected chi connectivity index (χ3v) is 12.6. The van der Waals surface area contributed by atoms with Gasteiger partial charge >= 0.3 is 11.9 Å².